The van der Waals surface area contributed by atoms with Crippen molar-refractivity contribution >= 4 is 34.6 Å². The molecule has 2 N–H and O–H groups in total. The largest absolute Gasteiger partial charge is 0.476 e. The normalized spacial score (nSPS) is 10.6. The number of carboxylic acid groups (broad SMARTS) is 1. The molecule has 2 aromatic rings. The highest BCUT2D eigenvalue weighted by Crippen LogP contribution is 2.11. The van der Waals surface area contributed by atoms with Crippen LogP contribution in [0.1, 0.15) is 39.0 Å². The summed E-state index contributed by atoms with van der Waals surface area (Å²) in [5.74, 6) is -1.02. The molecule has 2 aromatic heterocycles. The molecule has 0 aliphatic rings. The minimum atomic E-state index is -1.02. The molecule has 0 fully saturated rings. The van der Waals surface area contributed by atoms with Crippen molar-refractivity contribution < 1.29 is 14.7 Å². The monoisotopic (exact) mass is 339 g/mol. The summed E-state index contributed by atoms with van der Waals surface area (Å²) in [7, 11) is 0. The van der Waals surface area contributed by atoms with Crippen molar-refractivity contribution in [3.8, 4) is 0 Å². The van der Waals surface area contributed by atoms with Crippen LogP contribution in [0.25, 0.3) is 0 Å². The molecule has 6 nitrogen and oxygen atoms in total. The van der Waals surface area contributed by atoms with Crippen molar-refractivity contribution in [2.75, 3.05) is 6.54 Å². The van der Waals surface area contributed by atoms with Gasteiger partial charge in [0, 0.05) is 30.1 Å². The zero-order valence-corrected chi connectivity index (χ0v) is 13.8. The Hall–Kier alpha value is -1.80. The molecular formula is C14H17N3O3S2. The van der Waals surface area contributed by atoms with Gasteiger partial charge in [-0.3, -0.25) is 4.79 Å². The van der Waals surface area contributed by atoms with Crippen LogP contribution in [0.3, 0.4) is 0 Å². The van der Waals surface area contributed by atoms with Gasteiger partial charge < -0.3 is 10.4 Å². The van der Waals surface area contributed by atoms with Crippen molar-refractivity contribution in [2.45, 2.75) is 32.6 Å². The van der Waals surface area contributed by atoms with Gasteiger partial charge in [0.15, 0.2) is 5.69 Å². The van der Waals surface area contributed by atoms with Gasteiger partial charge in [0.05, 0.1) is 15.7 Å². The molecule has 1 amide bonds. The van der Waals surface area contributed by atoms with Crippen LogP contribution >= 0.6 is 22.7 Å². The number of aryl methyl sites for hydroxylation is 2. The average molecular weight is 339 g/mol. The zero-order valence-electron chi connectivity index (χ0n) is 12.2. The van der Waals surface area contributed by atoms with E-state index in [4.69, 9.17) is 5.11 Å². The van der Waals surface area contributed by atoms with Crippen LogP contribution in [0.2, 0.25) is 0 Å². The molecule has 2 rings (SSSR count). The molecule has 0 aliphatic heterocycles. The number of thiazole rings is 2. The van der Waals surface area contributed by atoms with Crippen molar-refractivity contribution in [3.05, 3.63) is 32.2 Å². The molecule has 8 heteroatoms. The lowest BCUT2D eigenvalue weighted by atomic mass is 10.2. The average Bonchev–Trinajstić information content (AvgIpc) is 3.08. The van der Waals surface area contributed by atoms with Crippen LogP contribution in [0.15, 0.2) is 10.8 Å². The highest BCUT2D eigenvalue weighted by Gasteiger charge is 2.09. The topological polar surface area (TPSA) is 92.2 Å². The van der Waals surface area contributed by atoms with Crippen molar-refractivity contribution in [2.24, 2.45) is 0 Å². The maximum atomic E-state index is 11.7. The maximum Gasteiger partial charge on any atom is 0.355 e. The van der Waals surface area contributed by atoms with Gasteiger partial charge in [-0.2, -0.15) is 0 Å². The number of hydrogen-bond donors (Lipinski definition) is 2. The smallest absolute Gasteiger partial charge is 0.355 e. The number of nitrogens with zero attached hydrogens (tertiary/aromatic N) is 2. The van der Waals surface area contributed by atoms with Gasteiger partial charge >= 0.3 is 5.97 Å². The van der Waals surface area contributed by atoms with Gasteiger partial charge in [0.1, 0.15) is 0 Å². The third kappa shape index (κ3) is 5.19. The SMILES string of the molecule is Cc1nc(CCCC(=O)NCCc2nc(C(=O)O)cs2)cs1. The number of aromatic carboxylic acids is 1. The summed E-state index contributed by atoms with van der Waals surface area (Å²) in [5.41, 5.74) is 1.10. The second-order valence-electron chi connectivity index (χ2n) is 4.74. The van der Waals surface area contributed by atoms with Crippen LogP contribution in [-0.2, 0) is 17.6 Å². The van der Waals surface area contributed by atoms with Crippen molar-refractivity contribution in [3.63, 3.8) is 0 Å². The quantitative estimate of drug-likeness (QED) is 0.770. The lowest BCUT2D eigenvalue weighted by molar-refractivity contribution is -0.121. The van der Waals surface area contributed by atoms with E-state index < -0.39 is 5.97 Å². The fourth-order valence-electron chi connectivity index (χ4n) is 1.87. The second kappa shape index (κ2) is 8.00. The number of carbonyl (C=O) groups excluding carboxylic acids is 1. The highest BCUT2D eigenvalue weighted by atomic mass is 32.1. The minimum absolute atomic E-state index is 0.00182. The minimum Gasteiger partial charge on any atom is -0.476 e. The Morgan fingerprint density at radius 1 is 1.23 bits per heavy atom. The predicted molar refractivity (Wildman–Crippen MR) is 85.6 cm³/mol. The lowest BCUT2D eigenvalue weighted by Gasteiger charge is -2.03. The van der Waals surface area contributed by atoms with E-state index in [0.29, 0.717) is 19.4 Å². The first-order valence-corrected chi connectivity index (χ1v) is 8.66. The summed E-state index contributed by atoms with van der Waals surface area (Å²) >= 11 is 2.92. The lowest BCUT2D eigenvalue weighted by Crippen LogP contribution is -2.25. The Morgan fingerprint density at radius 3 is 2.68 bits per heavy atom. The molecule has 22 heavy (non-hydrogen) atoms. The first-order valence-electron chi connectivity index (χ1n) is 6.90. The Balaban J connectivity index is 1.62. The molecule has 0 unspecified atom stereocenters. The summed E-state index contributed by atoms with van der Waals surface area (Å²) in [5, 5.41) is 16.9. The molecule has 0 saturated heterocycles. The number of rotatable bonds is 8. The highest BCUT2D eigenvalue weighted by molar-refractivity contribution is 7.10. The fourth-order valence-corrected chi connectivity index (χ4v) is 3.29. The molecule has 0 aliphatic carbocycles. The summed E-state index contributed by atoms with van der Waals surface area (Å²) < 4.78 is 0. The Bertz CT molecular complexity index is 651. The van der Waals surface area contributed by atoms with E-state index in [1.54, 1.807) is 11.3 Å². The third-order valence-corrected chi connectivity index (χ3v) is 4.67. The number of amides is 1. The first-order chi connectivity index (χ1) is 10.5. The summed E-state index contributed by atoms with van der Waals surface area (Å²) in [6.45, 7) is 2.44. The predicted octanol–water partition coefficient (Wildman–Crippen LogP) is 2.29. The van der Waals surface area contributed by atoms with E-state index in [0.717, 1.165) is 28.6 Å². The number of nitrogens with one attached hydrogen (secondary N) is 1. The van der Waals surface area contributed by atoms with Crippen LogP contribution in [0.4, 0.5) is 0 Å². The van der Waals surface area contributed by atoms with Crippen LogP contribution < -0.4 is 5.32 Å². The number of carbonyl (C=O) groups is 2. The zero-order chi connectivity index (χ0) is 15.9. The fraction of sp³-hybridized carbons (Fsp3) is 0.429. The maximum absolute atomic E-state index is 11.7. The van der Waals surface area contributed by atoms with Crippen molar-refractivity contribution in [1.29, 1.82) is 0 Å². The van der Waals surface area contributed by atoms with Gasteiger partial charge in [-0.25, -0.2) is 14.8 Å². The van der Waals surface area contributed by atoms with E-state index >= 15 is 0 Å². The molecule has 0 radical (unpaired) electrons. The Kier molecular flexibility index (Phi) is 6.02. The number of hydrogen-bond acceptors (Lipinski definition) is 6. The molecular weight excluding hydrogens is 322 g/mol. The molecule has 0 saturated carbocycles. The van der Waals surface area contributed by atoms with E-state index in [2.05, 4.69) is 15.3 Å². The third-order valence-electron chi connectivity index (χ3n) is 2.94. The van der Waals surface area contributed by atoms with E-state index in [1.807, 2.05) is 12.3 Å². The second-order valence-corrected chi connectivity index (χ2v) is 6.75. The van der Waals surface area contributed by atoms with Gasteiger partial charge in [0.2, 0.25) is 5.91 Å². The van der Waals surface area contributed by atoms with Gasteiger partial charge in [-0.15, -0.1) is 22.7 Å². The summed E-state index contributed by atoms with van der Waals surface area (Å²) in [6, 6.07) is 0. The Morgan fingerprint density at radius 2 is 2.05 bits per heavy atom. The van der Waals surface area contributed by atoms with Crippen LogP contribution in [0.5, 0.6) is 0 Å². The van der Waals surface area contributed by atoms with Gasteiger partial charge in [0.25, 0.3) is 0 Å². The van der Waals surface area contributed by atoms with Crippen molar-refractivity contribution in [1.82, 2.24) is 15.3 Å². The molecule has 0 atom stereocenters. The van der Waals surface area contributed by atoms with Gasteiger partial charge in [-0.1, -0.05) is 0 Å². The standard InChI is InChI=1S/C14H17N3O3S2/c1-9-16-10(7-21-9)3-2-4-12(18)15-6-5-13-17-11(8-22-13)14(19)20/h7-8H,2-6H2,1H3,(H,15,18)(H,19,20). The summed E-state index contributed by atoms with van der Waals surface area (Å²) in [6.07, 6.45) is 2.60. The molecule has 2 heterocycles. The summed E-state index contributed by atoms with van der Waals surface area (Å²) in [4.78, 5) is 30.7. The Labute approximate surface area is 136 Å². The number of aromatic nitrogens is 2. The van der Waals surface area contributed by atoms with Crippen LogP contribution in [-0.4, -0.2) is 33.5 Å². The van der Waals surface area contributed by atoms with Crippen LogP contribution in [0, 0.1) is 6.92 Å². The van der Waals surface area contributed by atoms with Gasteiger partial charge in [-0.05, 0) is 19.8 Å². The molecule has 0 spiro atoms. The van der Waals surface area contributed by atoms with E-state index in [-0.39, 0.29) is 11.6 Å². The first kappa shape index (κ1) is 16.6. The molecule has 0 aromatic carbocycles. The number of carboxylic acids is 1. The molecule has 0 bridgehead atoms. The molecule has 118 valence electrons. The van der Waals surface area contributed by atoms with E-state index in [9.17, 15) is 9.59 Å². The van der Waals surface area contributed by atoms with E-state index in [1.165, 1.54) is 16.7 Å².